The van der Waals surface area contributed by atoms with Gasteiger partial charge in [0.15, 0.2) is 0 Å². The molecule has 1 aliphatic rings. The lowest BCUT2D eigenvalue weighted by Crippen LogP contribution is -2.34. The van der Waals surface area contributed by atoms with E-state index >= 15 is 0 Å². The van der Waals surface area contributed by atoms with Gasteiger partial charge in [-0.1, -0.05) is 48.0 Å². The number of nitrogens with one attached hydrogen (secondary N) is 2. The van der Waals surface area contributed by atoms with Gasteiger partial charge in [0.2, 0.25) is 0 Å². The highest BCUT2D eigenvalue weighted by Crippen LogP contribution is 2.24. The average molecular weight is 305 g/mol. The summed E-state index contributed by atoms with van der Waals surface area (Å²) < 4.78 is 13.1. The lowest BCUT2D eigenvalue weighted by atomic mass is 10.0. The Morgan fingerprint density at radius 1 is 1.19 bits per heavy atom. The first kappa shape index (κ1) is 14.5. The van der Waals surface area contributed by atoms with Crippen LogP contribution in [0.15, 0.2) is 48.5 Å². The second kappa shape index (κ2) is 6.56. The molecule has 2 atom stereocenters. The number of hydrogen-bond acceptors (Lipinski definition) is 2. The summed E-state index contributed by atoms with van der Waals surface area (Å²) in [6.45, 7) is 1.64. The fraction of sp³-hybridized carbons (Fsp3) is 0.294. The van der Waals surface area contributed by atoms with Crippen molar-refractivity contribution in [3.8, 4) is 0 Å². The molecule has 1 aliphatic heterocycles. The van der Waals surface area contributed by atoms with Crippen LogP contribution in [-0.4, -0.2) is 12.6 Å². The highest BCUT2D eigenvalue weighted by molar-refractivity contribution is 6.31. The molecule has 0 radical (unpaired) electrons. The highest BCUT2D eigenvalue weighted by atomic mass is 35.5. The highest BCUT2D eigenvalue weighted by Gasteiger charge is 2.27. The van der Waals surface area contributed by atoms with Crippen LogP contribution >= 0.6 is 11.6 Å². The zero-order chi connectivity index (χ0) is 14.7. The zero-order valence-electron chi connectivity index (χ0n) is 11.7. The van der Waals surface area contributed by atoms with Gasteiger partial charge >= 0.3 is 0 Å². The van der Waals surface area contributed by atoms with Crippen LogP contribution in [0.2, 0.25) is 5.02 Å². The number of benzene rings is 2. The van der Waals surface area contributed by atoms with Gasteiger partial charge < -0.3 is 10.6 Å². The van der Waals surface area contributed by atoms with Gasteiger partial charge in [0, 0.05) is 23.7 Å². The van der Waals surface area contributed by atoms with E-state index in [0.717, 1.165) is 18.5 Å². The maximum absolute atomic E-state index is 13.1. The molecule has 2 aromatic rings. The van der Waals surface area contributed by atoms with Gasteiger partial charge in [-0.15, -0.1) is 0 Å². The van der Waals surface area contributed by atoms with Crippen molar-refractivity contribution in [3.63, 3.8) is 0 Å². The first-order valence-electron chi connectivity index (χ1n) is 7.19. The lowest BCUT2D eigenvalue weighted by molar-refractivity contribution is 0.461. The monoisotopic (exact) mass is 304 g/mol. The molecular weight excluding hydrogens is 287 g/mol. The van der Waals surface area contributed by atoms with Crippen LogP contribution in [0.5, 0.6) is 0 Å². The van der Waals surface area contributed by atoms with Crippen molar-refractivity contribution in [1.29, 1.82) is 0 Å². The van der Waals surface area contributed by atoms with Gasteiger partial charge in [0.1, 0.15) is 5.82 Å². The number of halogens is 2. The molecule has 3 rings (SSSR count). The summed E-state index contributed by atoms with van der Waals surface area (Å²) in [7, 11) is 0. The van der Waals surface area contributed by atoms with Crippen LogP contribution in [0.3, 0.4) is 0 Å². The Kier molecular flexibility index (Phi) is 4.54. The molecule has 0 saturated carbocycles. The topological polar surface area (TPSA) is 24.1 Å². The van der Waals surface area contributed by atoms with E-state index in [0.29, 0.717) is 23.7 Å². The minimum absolute atomic E-state index is 0.298. The quantitative estimate of drug-likeness (QED) is 0.900. The smallest absolute Gasteiger partial charge is 0.124 e. The van der Waals surface area contributed by atoms with E-state index in [2.05, 4.69) is 34.9 Å². The van der Waals surface area contributed by atoms with E-state index in [4.69, 9.17) is 11.6 Å². The number of rotatable bonds is 4. The third-order valence-corrected chi connectivity index (χ3v) is 4.30. The molecule has 2 nitrogen and oxygen atoms in total. The molecule has 1 saturated heterocycles. The summed E-state index contributed by atoms with van der Waals surface area (Å²) in [5, 5.41) is 7.54. The second-order valence-electron chi connectivity index (χ2n) is 5.35. The molecule has 0 unspecified atom stereocenters. The van der Waals surface area contributed by atoms with Crippen molar-refractivity contribution in [3.05, 3.63) is 70.5 Å². The fourth-order valence-corrected chi connectivity index (χ4v) is 3.07. The molecule has 110 valence electrons. The van der Waals surface area contributed by atoms with E-state index in [1.54, 1.807) is 6.07 Å². The Hall–Kier alpha value is -1.42. The first-order chi connectivity index (χ1) is 10.2. The largest absolute Gasteiger partial charge is 0.309 e. The average Bonchev–Trinajstić information content (AvgIpc) is 2.96. The third kappa shape index (κ3) is 3.43. The zero-order valence-corrected chi connectivity index (χ0v) is 12.4. The van der Waals surface area contributed by atoms with Gasteiger partial charge in [-0.2, -0.15) is 0 Å². The van der Waals surface area contributed by atoms with Crippen molar-refractivity contribution >= 4 is 11.6 Å². The predicted octanol–water partition coefficient (Wildman–Crippen LogP) is 3.67. The van der Waals surface area contributed by atoms with Crippen molar-refractivity contribution in [2.75, 3.05) is 6.54 Å². The Morgan fingerprint density at radius 3 is 2.76 bits per heavy atom. The van der Waals surface area contributed by atoms with Crippen LogP contribution in [0, 0.1) is 5.82 Å². The van der Waals surface area contributed by atoms with E-state index in [1.807, 2.05) is 6.07 Å². The molecule has 1 heterocycles. The van der Waals surface area contributed by atoms with Gasteiger partial charge in [-0.25, -0.2) is 4.39 Å². The minimum Gasteiger partial charge on any atom is -0.309 e. The van der Waals surface area contributed by atoms with E-state index < -0.39 is 0 Å². The Labute approximate surface area is 129 Å². The van der Waals surface area contributed by atoms with E-state index in [9.17, 15) is 4.39 Å². The van der Waals surface area contributed by atoms with Crippen LogP contribution in [0.25, 0.3) is 0 Å². The summed E-state index contributed by atoms with van der Waals surface area (Å²) in [5.41, 5.74) is 2.22. The third-order valence-electron chi connectivity index (χ3n) is 3.95. The summed E-state index contributed by atoms with van der Waals surface area (Å²) in [4.78, 5) is 0. The Balaban J connectivity index is 1.67. The molecule has 4 heteroatoms. The molecule has 0 aliphatic carbocycles. The molecule has 0 amide bonds. The van der Waals surface area contributed by atoms with Crippen molar-refractivity contribution in [2.45, 2.75) is 25.0 Å². The molecule has 2 N–H and O–H groups in total. The Bertz CT molecular complexity index is 603. The number of hydrogen-bond donors (Lipinski definition) is 2. The van der Waals surface area contributed by atoms with Gasteiger partial charge in [0.25, 0.3) is 0 Å². The Morgan fingerprint density at radius 2 is 2.00 bits per heavy atom. The summed E-state index contributed by atoms with van der Waals surface area (Å²) in [5.74, 6) is -0.298. The molecule has 0 bridgehead atoms. The van der Waals surface area contributed by atoms with Gasteiger partial charge in [0.05, 0.1) is 0 Å². The van der Waals surface area contributed by atoms with Crippen molar-refractivity contribution in [2.24, 2.45) is 0 Å². The molecule has 0 spiro atoms. The van der Waals surface area contributed by atoms with E-state index in [1.165, 1.54) is 17.7 Å². The normalized spacial score (nSPS) is 21.6. The summed E-state index contributed by atoms with van der Waals surface area (Å²) in [6.07, 6.45) is 1.07. The SMILES string of the molecule is Fc1ccc(CN[C@H]2CCN[C@H]2c2ccccc2)c(Cl)c1. The van der Waals surface area contributed by atoms with Crippen LogP contribution < -0.4 is 10.6 Å². The van der Waals surface area contributed by atoms with E-state index in [-0.39, 0.29) is 5.82 Å². The maximum Gasteiger partial charge on any atom is 0.124 e. The molecule has 21 heavy (non-hydrogen) atoms. The molecule has 2 aromatic carbocycles. The second-order valence-corrected chi connectivity index (χ2v) is 5.76. The minimum atomic E-state index is -0.298. The first-order valence-corrected chi connectivity index (χ1v) is 7.57. The predicted molar refractivity (Wildman–Crippen MR) is 83.8 cm³/mol. The molecule has 1 fully saturated rings. The van der Waals surface area contributed by atoms with Crippen molar-refractivity contribution in [1.82, 2.24) is 10.6 Å². The lowest BCUT2D eigenvalue weighted by Gasteiger charge is -2.21. The molecule has 0 aromatic heterocycles. The summed E-state index contributed by atoms with van der Waals surface area (Å²) >= 11 is 6.07. The van der Waals surface area contributed by atoms with Gasteiger partial charge in [-0.3, -0.25) is 0 Å². The van der Waals surface area contributed by atoms with Crippen LogP contribution in [0.1, 0.15) is 23.6 Å². The van der Waals surface area contributed by atoms with Crippen molar-refractivity contribution < 1.29 is 4.39 Å². The standard InChI is InChI=1S/C17H18ClFN2/c18-15-10-14(19)7-6-13(15)11-21-16-8-9-20-17(16)12-4-2-1-3-5-12/h1-7,10,16-17,20-21H,8-9,11H2/t16-,17-/m0/s1. The van der Waals surface area contributed by atoms with Crippen LogP contribution in [-0.2, 0) is 6.54 Å². The summed E-state index contributed by atoms with van der Waals surface area (Å²) in [6, 6.07) is 15.6. The molecular formula is C17H18ClFN2. The fourth-order valence-electron chi connectivity index (χ4n) is 2.84. The van der Waals surface area contributed by atoms with Crippen LogP contribution in [0.4, 0.5) is 4.39 Å². The maximum atomic E-state index is 13.1. The van der Waals surface area contributed by atoms with Gasteiger partial charge in [-0.05, 0) is 36.2 Å².